The smallest absolute Gasteiger partial charge is 0.332 e. The highest BCUT2D eigenvalue weighted by Gasteiger charge is 2.19. The van der Waals surface area contributed by atoms with Gasteiger partial charge in [0, 0.05) is 25.7 Å². The van der Waals surface area contributed by atoms with Crippen molar-refractivity contribution in [3.63, 3.8) is 0 Å². The Morgan fingerprint density at radius 3 is 2.62 bits per heavy atom. The molecule has 2 aromatic heterocycles. The molecule has 0 aliphatic heterocycles. The summed E-state index contributed by atoms with van der Waals surface area (Å²) in [4.78, 5) is 40.7. The minimum atomic E-state index is -0.565. The van der Waals surface area contributed by atoms with E-state index in [9.17, 15) is 14.4 Å². The number of aromatic nitrogens is 4. The van der Waals surface area contributed by atoms with Gasteiger partial charge in [0.2, 0.25) is 11.2 Å². The normalized spacial score (nSPS) is 11.1. The van der Waals surface area contributed by atoms with Crippen molar-refractivity contribution in [2.24, 2.45) is 14.1 Å². The third-order valence-electron chi connectivity index (χ3n) is 3.98. The van der Waals surface area contributed by atoms with E-state index in [1.165, 1.54) is 23.2 Å². The Kier molecular flexibility index (Phi) is 4.88. The van der Waals surface area contributed by atoms with Crippen LogP contribution in [0.1, 0.15) is 5.56 Å². The molecule has 0 atom stereocenters. The van der Waals surface area contributed by atoms with Crippen LogP contribution in [0.15, 0.2) is 33.9 Å². The molecular weight excluding hydrogens is 381 g/mol. The number of carbonyl (C=O) groups is 1. The summed E-state index contributed by atoms with van der Waals surface area (Å²) in [5.74, 6) is -0.359. The average Bonchev–Trinajstić information content (AvgIpc) is 2.93. The van der Waals surface area contributed by atoms with E-state index in [2.05, 4.69) is 10.3 Å². The van der Waals surface area contributed by atoms with Crippen LogP contribution < -0.4 is 16.6 Å². The molecule has 0 unspecified atom stereocenters. The van der Waals surface area contributed by atoms with Gasteiger partial charge in [-0.2, -0.15) is 4.98 Å². The van der Waals surface area contributed by atoms with Crippen molar-refractivity contribution < 1.29 is 4.79 Å². The second-order valence-electron chi connectivity index (χ2n) is 5.75. The first kappa shape index (κ1) is 18.2. The molecule has 136 valence electrons. The number of fused-ring (bicyclic) bond motifs is 1. The van der Waals surface area contributed by atoms with Crippen LogP contribution in [0.25, 0.3) is 11.2 Å². The second kappa shape index (κ2) is 6.97. The van der Waals surface area contributed by atoms with Crippen LogP contribution in [0, 0.1) is 0 Å². The predicted molar refractivity (Wildman–Crippen MR) is 98.5 cm³/mol. The molecule has 3 rings (SSSR count). The Balaban J connectivity index is 1.89. The van der Waals surface area contributed by atoms with Gasteiger partial charge in [-0.25, -0.2) is 4.79 Å². The Bertz CT molecular complexity index is 1130. The minimum absolute atomic E-state index is 0.0452. The van der Waals surface area contributed by atoms with Gasteiger partial charge in [-0.15, -0.1) is 0 Å². The molecule has 3 aromatic rings. The van der Waals surface area contributed by atoms with Gasteiger partial charge in [-0.1, -0.05) is 23.7 Å². The lowest BCUT2D eigenvalue weighted by Crippen LogP contribution is -2.38. The molecule has 0 radical (unpaired) electrons. The summed E-state index contributed by atoms with van der Waals surface area (Å²) in [5, 5.41) is 3.26. The van der Waals surface area contributed by atoms with Gasteiger partial charge in [0.15, 0.2) is 11.2 Å². The number of hydrogen-bond donors (Lipinski definition) is 1. The molecule has 0 aliphatic carbocycles. The number of hydrogen-bond acceptors (Lipinski definition) is 4. The lowest BCUT2D eigenvalue weighted by atomic mass is 10.2. The van der Waals surface area contributed by atoms with E-state index in [0.29, 0.717) is 5.02 Å². The lowest BCUT2D eigenvalue weighted by molar-refractivity contribution is -0.121. The Morgan fingerprint density at radius 2 is 1.92 bits per heavy atom. The first-order valence-electron chi connectivity index (χ1n) is 7.62. The average molecular weight is 396 g/mol. The summed E-state index contributed by atoms with van der Waals surface area (Å²) in [7, 11) is 2.84. The molecule has 0 fully saturated rings. The fraction of sp³-hybridized carbons (Fsp3) is 0.250. The van der Waals surface area contributed by atoms with Gasteiger partial charge in [0.05, 0.1) is 0 Å². The fourth-order valence-corrected chi connectivity index (χ4v) is 3.05. The van der Waals surface area contributed by atoms with Gasteiger partial charge >= 0.3 is 5.69 Å². The molecule has 8 nitrogen and oxygen atoms in total. The monoisotopic (exact) mass is 395 g/mol. The molecule has 0 spiro atoms. The van der Waals surface area contributed by atoms with Crippen molar-refractivity contribution >= 4 is 40.3 Å². The highest BCUT2D eigenvalue weighted by molar-refractivity contribution is 6.30. The Labute approximate surface area is 157 Å². The number of carbonyl (C=O) groups excluding carboxylic acids is 1. The Morgan fingerprint density at radius 1 is 1.19 bits per heavy atom. The minimum Gasteiger partial charge on any atom is -0.350 e. The van der Waals surface area contributed by atoms with Crippen molar-refractivity contribution in [2.45, 2.75) is 13.1 Å². The van der Waals surface area contributed by atoms with E-state index in [0.717, 1.165) is 10.1 Å². The number of amides is 1. The van der Waals surface area contributed by atoms with Crippen LogP contribution in [0.3, 0.4) is 0 Å². The van der Waals surface area contributed by atoms with Gasteiger partial charge in [-0.05, 0) is 29.3 Å². The molecule has 0 saturated heterocycles. The molecule has 0 saturated carbocycles. The molecule has 0 aliphatic rings. The summed E-state index contributed by atoms with van der Waals surface area (Å²) in [5.41, 5.74) is -0.0200. The van der Waals surface area contributed by atoms with Gasteiger partial charge in [-0.3, -0.25) is 23.3 Å². The van der Waals surface area contributed by atoms with Crippen LogP contribution in [0.2, 0.25) is 10.3 Å². The van der Waals surface area contributed by atoms with E-state index in [4.69, 9.17) is 23.2 Å². The zero-order valence-electron chi connectivity index (χ0n) is 14.0. The van der Waals surface area contributed by atoms with Gasteiger partial charge in [0.1, 0.15) is 6.54 Å². The number of nitrogens with zero attached hydrogens (tertiary/aromatic N) is 4. The number of rotatable bonds is 4. The van der Waals surface area contributed by atoms with Gasteiger partial charge in [0.25, 0.3) is 5.56 Å². The molecule has 10 heteroatoms. The number of benzene rings is 1. The van der Waals surface area contributed by atoms with E-state index in [-0.39, 0.29) is 35.4 Å². The molecule has 1 aromatic carbocycles. The van der Waals surface area contributed by atoms with Crippen molar-refractivity contribution in [2.75, 3.05) is 0 Å². The molecular formula is C16H15Cl2N5O3. The molecule has 26 heavy (non-hydrogen) atoms. The largest absolute Gasteiger partial charge is 0.350 e. The maximum Gasteiger partial charge on any atom is 0.332 e. The van der Waals surface area contributed by atoms with E-state index < -0.39 is 11.2 Å². The van der Waals surface area contributed by atoms with Crippen molar-refractivity contribution in [3.8, 4) is 0 Å². The lowest BCUT2D eigenvalue weighted by Gasteiger charge is -2.09. The second-order valence-corrected chi connectivity index (χ2v) is 6.53. The maximum atomic E-state index is 12.4. The van der Waals surface area contributed by atoms with Crippen LogP contribution >= 0.6 is 23.2 Å². The highest BCUT2D eigenvalue weighted by Crippen LogP contribution is 2.15. The first-order valence-corrected chi connectivity index (χ1v) is 8.38. The summed E-state index contributed by atoms with van der Waals surface area (Å²) < 4.78 is 3.44. The van der Waals surface area contributed by atoms with E-state index in [1.807, 2.05) is 6.07 Å². The van der Waals surface area contributed by atoms with E-state index in [1.54, 1.807) is 18.2 Å². The van der Waals surface area contributed by atoms with Crippen LogP contribution in [-0.4, -0.2) is 24.6 Å². The summed E-state index contributed by atoms with van der Waals surface area (Å²) >= 11 is 12.0. The maximum absolute atomic E-state index is 12.4. The van der Waals surface area contributed by atoms with E-state index >= 15 is 0 Å². The predicted octanol–water partition coefficient (Wildman–Crippen LogP) is 1.06. The van der Waals surface area contributed by atoms with Crippen molar-refractivity contribution in [1.29, 1.82) is 0 Å². The number of imidazole rings is 1. The standard InChI is InChI=1S/C16H15Cl2N5O3/c1-21-13-12(14(25)22(2)16(21)26)23(15(18)20-13)8-11(24)19-7-9-4-3-5-10(17)6-9/h3-6H,7-8H2,1-2H3,(H,19,24). The Hall–Kier alpha value is -2.58. The third kappa shape index (κ3) is 3.25. The van der Waals surface area contributed by atoms with Crippen LogP contribution in [0.5, 0.6) is 0 Å². The SMILES string of the molecule is Cn1c(=O)c2c(nc(Cl)n2CC(=O)NCc2cccc(Cl)c2)n(C)c1=O. The highest BCUT2D eigenvalue weighted by atomic mass is 35.5. The molecule has 1 N–H and O–H groups in total. The van der Waals surface area contributed by atoms with Crippen molar-refractivity contribution in [1.82, 2.24) is 24.0 Å². The molecule has 1 amide bonds. The number of nitrogens with one attached hydrogen (secondary N) is 1. The fourth-order valence-electron chi connectivity index (χ4n) is 2.61. The zero-order chi connectivity index (χ0) is 19.0. The first-order chi connectivity index (χ1) is 12.3. The zero-order valence-corrected chi connectivity index (χ0v) is 15.5. The summed E-state index contributed by atoms with van der Waals surface area (Å²) in [6.45, 7) is 0.0729. The molecule has 2 heterocycles. The topological polar surface area (TPSA) is 90.9 Å². The number of aryl methyl sites for hydroxylation is 1. The van der Waals surface area contributed by atoms with Crippen LogP contribution in [0.4, 0.5) is 0 Å². The summed E-state index contributed by atoms with van der Waals surface area (Å²) in [6.07, 6.45) is 0. The summed E-state index contributed by atoms with van der Waals surface area (Å²) in [6, 6.07) is 7.10. The quantitative estimate of drug-likeness (QED) is 0.668. The third-order valence-corrected chi connectivity index (χ3v) is 4.51. The number of halogens is 2. The van der Waals surface area contributed by atoms with Gasteiger partial charge < -0.3 is 5.32 Å². The van der Waals surface area contributed by atoms with Crippen molar-refractivity contribution in [3.05, 3.63) is 61.0 Å². The van der Waals surface area contributed by atoms with Crippen LogP contribution in [-0.2, 0) is 32.0 Å². The molecule has 0 bridgehead atoms.